The third-order valence-corrected chi connectivity index (χ3v) is 2.38. The van der Waals surface area contributed by atoms with Crippen molar-refractivity contribution < 1.29 is 14.6 Å². The molecule has 3 heteroatoms. The standard InChI is InChI=1S/C10H8.C5H12O3.C3H8.C2H6/c1-2-6-10-8-4-3-7-9(10)5-1;1-7-3-5(6)4-8-2;1-3-2;1-2/h1-8H;5-6H,3-4H2,1-2H3;3H2,1-2H3;1-2H3. The molecule has 0 amide bonds. The number of aliphatic hydroxyl groups is 1. The van der Waals surface area contributed by atoms with Crippen LogP contribution in [0.3, 0.4) is 0 Å². The molecule has 1 N–H and O–H groups in total. The molecule has 0 aliphatic carbocycles. The minimum atomic E-state index is -0.481. The molecule has 0 saturated carbocycles. The van der Waals surface area contributed by atoms with E-state index in [9.17, 15) is 0 Å². The van der Waals surface area contributed by atoms with E-state index in [1.54, 1.807) is 14.2 Å². The highest BCUT2D eigenvalue weighted by molar-refractivity contribution is 5.81. The summed E-state index contributed by atoms with van der Waals surface area (Å²) in [7, 11) is 3.08. The van der Waals surface area contributed by atoms with Gasteiger partial charge in [-0.2, -0.15) is 0 Å². The summed E-state index contributed by atoms with van der Waals surface area (Å²) in [5.41, 5.74) is 0. The van der Waals surface area contributed by atoms with Gasteiger partial charge in [0.1, 0.15) is 6.10 Å². The van der Waals surface area contributed by atoms with E-state index >= 15 is 0 Å². The molecule has 0 bridgehead atoms. The first-order valence-corrected chi connectivity index (χ1v) is 8.29. The van der Waals surface area contributed by atoms with E-state index in [1.165, 1.54) is 17.2 Å². The summed E-state index contributed by atoms with van der Waals surface area (Å²) in [6, 6.07) is 16.7. The number of methoxy groups -OCH3 is 2. The van der Waals surface area contributed by atoms with Crippen molar-refractivity contribution in [1.82, 2.24) is 0 Å². The topological polar surface area (TPSA) is 38.7 Å². The molecule has 0 aliphatic rings. The molecule has 0 fully saturated rings. The van der Waals surface area contributed by atoms with Crippen LogP contribution in [-0.2, 0) is 9.47 Å². The summed E-state index contributed by atoms with van der Waals surface area (Å²) < 4.78 is 9.25. The molecule has 2 aromatic rings. The Labute approximate surface area is 142 Å². The van der Waals surface area contributed by atoms with Gasteiger partial charge in [-0.1, -0.05) is 82.6 Å². The SMILES string of the molecule is CC.CCC.COCC(O)COC.c1ccc2ccccc2c1. The van der Waals surface area contributed by atoms with Gasteiger partial charge in [0.2, 0.25) is 0 Å². The summed E-state index contributed by atoms with van der Waals surface area (Å²) in [6.45, 7) is 8.93. The highest BCUT2D eigenvalue weighted by atomic mass is 16.5. The molecule has 0 radical (unpaired) electrons. The molecule has 0 aromatic heterocycles. The Morgan fingerprint density at radius 1 is 0.783 bits per heavy atom. The van der Waals surface area contributed by atoms with Gasteiger partial charge in [-0.15, -0.1) is 0 Å². The third kappa shape index (κ3) is 13.9. The largest absolute Gasteiger partial charge is 0.388 e. The summed E-state index contributed by atoms with van der Waals surface area (Å²) in [5.74, 6) is 0. The van der Waals surface area contributed by atoms with Crippen molar-refractivity contribution in [2.45, 2.75) is 40.2 Å². The Morgan fingerprint density at radius 2 is 1.04 bits per heavy atom. The Kier molecular flexibility index (Phi) is 19.3. The summed E-state index contributed by atoms with van der Waals surface area (Å²) >= 11 is 0. The molecule has 0 aliphatic heterocycles. The van der Waals surface area contributed by atoms with Crippen molar-refractivity contribution in [2.75, 3.05) is 27.4 Å². The van der Waals surface area contributed by atoms with E-state index in [1.807, 2.05) is 13.8 Å². The van der Waals surface area contributed by atoms with Crippen LogP contribution >= 0.6 is 0 Å². The second kappa shape index (κ2) is 18.6. The van der Waals surface area contributed by atoms with Crippen molar-refractivity contribution >= 4 is 10.8 Å². The first kappa shape index (κ1) is 23.8. The maximum atomic E-state index is 8.80. The number of aliphatic hydroxyl groups excluding tert-OH is 1. The zero-order valence-corrected chi connectivity index (χ0v) is 15.6. The van der Waals surface area contributed by atoms with Gasteiger partial charge in [0.05, 0.1) is 13.2 Å². The van der Waals surface area contributed by atoms with Gasteiger partial charge in [-0.25, -0.2) is 0 Å². The molecule has 132 valence electrons. The van der Waals surface area contributed by atoms with Crippen molar-refractivity contribution in [2.24, 2.45) is 0 Å². The fourth-order valence-corrected chi connectivity index (χ4v) is 1.57. The van der Waals surface area contributed by atoms with Crippen LogP contribution in [0.4, 0.5) is 0 Å². The van der Waals surface area contributed by atoms with Crippen LogP contribution in [0.25, 0.3) is 10.8 Å². The number of rotatable bonds is 4. The lowest BCUT2D eigenvalue weighted by molar-refractivity contribution is 0.00980. The molecule has 0 unspecified atom stereocenters. The van der Waals surface area contributed by atoms with Gasteiger partial charge in [0, 0.05) is 14.2 Å². The van der Waals surface area contributed by atoms with Gasteiger partial charge in [0.25, 0.3) is 0 Å². The van der Waals surface area contributed by atoms with Gasteiger partial charge in [-0.05, 0) is 10.8 Å². The molecular weight excluding hydrogens is 288 g/mol. The van der Waals surface area contributed by atoms with E-state index in [0.717, 1.165) is 0 Å². The summed E-state index contributed by atoms with van der Waals surface area (Å²) in [4.78, 5) is 0. The van der Waals surface area contributed by atoms with Crippen molar-refractivity contribution in [1.29, 1.82) is 0 Å². The van der Waals surface area contributed by atoms with E-state index < -0.39 is 6.10 Å². The fourth-order valence-electron chi connectivity index (χ4n) is 1.57. The Balaban J connectivity index is 0. The first-order valence-electron chi connectivity index (χ1n) is 8.29. The quantitative estimate of drug-likeness (QED) is 0.868. The Bertz CT molecular complexity index is 386. The fraction of sp³-hybridized carbons (Fsp3) is 0.500. The summed E-state index contributed by atoms with van der Waals surface area (Å²) in [6.07, 6.45) is 0.769. The molecule has 0 heterocycles. The van der Waals surface area contributed by atoms with Crippen molar-refractivity contribution in [3.05, 3.63) is 48.5 Å². The normalized spacial score (nSPS) is 9.04. The average molecular weight is 322 g/mol. The number of fused-ring (bicyclic) bond motifs is 1. The minimum Gasteiger partial charge on any atom is -0.388 e. The third-order valence-electron chi connectivity index (χ3n) is 2.38. The van der Waals surface area contributed by atoms with Crippen molar-refractivity contribution in [3.63, 3.8) is 0 Å². The van der Waals surface area contributed by atoms with Crippen LogP contribution in [0.2, 0.25) is 0 Å². The second-order valence-corrected chi connectivity index (χ2v) is 4.62. The van der Waals surface area contributed by atoms with Crippen LogP contribution in [-0.4, -0.2) is 38.6 Å². The average Bonchev–Trinajstić information content (AvgIpc) is 2.59. The maximum Gasteiger partial charge on any atom is 0.101 e. The van der Waals surface area contributed by atoms with Crippen LogP contribution in [0.15, 0.2) is 48.5 Å². The van der Waals surface area contributed by atoms with Crippen molar-refractivity contribution in [3.8, 4) is 0 Å². The molecule has 0 spiro atoms. The summed E-state index contributed by atoms with van der Waals surface area (Å²) in [5, 5.41) is 11.4. The Hall–Kier alpha value is -1.42. The number of ether oxygens (including phenoxy) is 2. The lowest BCUT2D eigenvalue weighted by Crippen LogP contribution is -2.19. The Morgan fingerprint density at radius 3 is 1.26 bits per heavy atom. The van der Waals surface area contributed by atoms with Gasteiger partial charge >= 0.3 is 0 Å². The number of hydrogen-bond acceptors (Lipinski definition) is 3. The molecule has 0 saturated heterocycles. The van der Waals surface area contributed by atoms with Gasteiger partial charge in [0.15, 0.2) is 0 Å². The molecule has 0 atom stereocenters. The number of hydrogen-bond donors (Lipinski definition) is 1. The van der Waals surface area contributed by atoms with Crippen LogP contribution in [0.5, 0.6) is 0 Å². The highest BCUT2D eigenvalue weighted by Crippen LogP contribution is 2.11. The van der Waals surface area contributed by atoms with Gasteiger partial charge < -0.3 is 14.6 Å². The number of benzene rings is 2. The predicted octanol–water partition coefficient (Wildman–Crippen LogP) is 4.92. The minimum absolute atomic E-state index is 0.341. The van der Waals surface area contributed by atoms with Gasteiger partial charge in [-0.3, -0.25) is 0 Å². The van der Waals surface area contributed by atoms with E-state index in [2.05, 4.69) is 71.9 Å². The second-order valence-electron chi connectivity index (χ2n) is 4.62. The monoisotopic (exact) mass is 322 g/mol. The molecule has 2 aromatic carbocycles. The molecule has 23 heavy (non-hydrogen) atoms. The molecule has 3 nitrogen and oxygen atoms in total. The molecular formula is C20H34O3. The smallest absolute Gasteiger partial charge is 0.101 e. The van der Waals surface area contributed by atoms with E-state index in [-0.39, 0.29) is 0 Å². The maximum absolute atomic E-state index is 8.80. The lowest BCUT2D eigenvalue weighted by Gasteiger charge is -2.05. The molecule has 2 rings (SSSR count). The van der Waals surface area contributed by atoms with Crippen LogP contribution < -0.4 is 0 Å². The predicted molar refractivity (Wildman–Crippen MR) is 101 cm³/mol. The first-order chi connectivity index (χ1) is 11.2. The lowest BCUT2D eigenvalue weighted by atomic mass is 10.1. The zero-order valence-electron chi connectivity index (χ0n) is 15.6. The zero-order chi connectivity index (χ0) is 17.9. The van der Waals surface area contributed by atoms with E-state index in [0.29, 0.717) is 13.2 Å². The van der Waals surface area contributed by atoms with Crippen LogP contribution in [0, 0.1) is 0 Å². The van der Waals surface area contributed by atoms with Crippen LogP contribution in [0.1, 0.15) is 34.1 Å². The highest BCUT2D eigenvalue weighted by Gasteiger charge is 1.99. The van der Waals surface area contributed by atoms with E-state index in [4.69, 9.17) is 5.11 Å².